The Morgan fingerprint density at radius 2 is 1.88 bits per heavy atom. The van der Waals surface area contributed by atoms with Crippen molar-refractivity contribution in [3.63, 3.8) is 0 Å². The summed E-state index contributed by atoms with van der Waals surface area (Å²) in [6.45, 7) is 7.53. The number of ether oxygens (including phenoxy) is 1. The number of allylic oxidation sites excluding steroid dienone is 1. The Hall–Kier alpha value is -2.67. The summed E-state index contributed by atoms with van der Waals surface area (Å²) in [7, 11) is 0. The topological polar surface area (TPSA) is 95.9 Å². The van der Waals surface area contributed by atoms with Crippen molar-refractivity contribution in [3.05, 3.63) is 48.0 Å². The van der Waals surface area contributed by atoms with Gasteiger partial charge in [0, 0.05) is 12.0 Å². The van der Waals surface area contributed by atoms with Gasteiger partial charge in [-0.25, -0.2) is 0 Å². The van der Waals surface area contributed by atoms with Crippen LogP contribution in [-0.4, -0.2) is 53.1 Å². The van der Waals surface area contributed by atoms with Gasteiger partial charge in [0.2, 0.25) is 11.8 Å². The molecule has 0 spiro atoms. The van der Waals surface area contributed by atoms with Crippen LogP contribution in [-0.2, 0) is 19.1 Å². The maximum atomic E-state index is 13.9. The molecule has 2 aliphatic rings. The van der Waals surface area contributed by atoms with Crippen LogP contribution in [0.3, 0.4) is 0 Å². The number of amides is 2. The van der Waals surface area contributed by atoms with E-state index in [1.807, 2.05) is 56.3 Å². The molecule has 2 amide bonds. The SMILES string of the molecule is CCCC(C)NC(=O)[C@@H]1[C@H]2C=C[C@@H](C)[C@@H](C(=O)OCC)[C@@H]2C(=O)N1[C@H](CO)c1ccccc1. The van der Waals surface area contributed by atoms with E-state index >= 15 is 0 Å². The van der Waals surface area contributed by atoms with Gasteiger partial charge in [-0.15, -0.1) is 0 Å². The Balaban J connectivity index is 2.05. The van der Waals surface area contributed by atoms with Crippen LogP contribution in [0.5, 0.6) is 0 Å². The summed E-state index contributed by atoms with van der Waals surface area (Å²) in [5.74, 6) is -3.02. The van der Waals surface area contributed by atoms with Crippen LogP contribution in [0.1, 0.15) is 52.1 Å². The smallest absolute Gasteiger partial charge is 0.310 e. The summed E-state index contributed by atoms with van der Waals surface area (Å²) in [5, 5.41) is 13.4. The number of esters is 1. The molecule has 1 saturated heterocycles. The number of nitrogens with zero attached hydrogens (tertiary/aromatic N) is 1. The van der Waals surface area contributed by atoms with E-state index in [-0.39, 0.29) is 37.0 Å². The second-order valence-electron chi connectivity index (χ2n) is 9.12. The quantitative estimate of drug-likeness (QED) is 0.440. The number of hydrogen-bond donors (Lipinski definition) is 2. The van der Waals surface area contributed by atoms with Gasteiger partial charge in [-0.2, -0.15) is 0 Å². The number of rotatable bonds is 9. The molecule has 180 valence electrons. The molecular weight excluding hydrogens is 420 g/mol. The highest BCUT2D eigenvalue weighted by Crippen LogP contribution is 2.47. The van der Waals surface area contributed by atoms with Gasteiger partial charge < -0.3 is 20.1 Å². The Morgan fingerprint density at radius 3 is 2.48 bits per heavy atom. The molecule has 0 saturated carbocycles. The lowest BCUT2D eigenvalue weighted by Gasteiger charge is -2.34. The average Bonchev–Trinajstić information content (AvgIpc) is 3.08. The van der Waals surface area contributed by atoms with Crippen LogP contribution in [0.2, 0.25) is 0 Å². The zero-order valence-electron chi connectivity index (χ0n) is 19.9. The maximum Gasteiger partial charge on any atom is 0.310 e. The van der Waals surface area contributed by atoms with E-state index < -0.39 is 35.8 Å². The van der Waals surface area contributed by atoms with Crippen LogP contribution in [0.25, 0.3) is 0 Å². The molecular formula is C26H36N2O5. The van der Waals surface area contributed by atoms with Gasteiger partial charge in [0.25, 0.3) is 0 Å². The molecule has 33 heavy (non-hydrogen) atoms. The molecule has 1 aliphatic carbocycles. The number of nitrogens with one attached hydrogen (secondary N) is 1. The molecule has 2 N–H and O–H groups in total. The summed E-state index contributed by atoms with van der Waals surface area (Å²) < 4.78 is 5.31. The minimum Gasteiger partial charge on any atom is -0.466 e. The molecule has 1 aromatic carbocycles. The van der Waals surface area contributed by atoms with Crippen molar-refractivity contribution in [1.82, 2.24) is 10.2 Å². The number of aliphatic hydroxyl groups is 1. The molecule has 0 radical (unpaired) electrons. The highest BCUT2D eigenvalue weighted by molar-refractivity contribution is 5.96. The Kier molecular flexibility index (Phi) is 8.30. The third-order valence-corrected chi connectivity index (χ3v) is 6.84. The fourth-order valence-corrected chi connectivity index (χ4v) is 5.33. The first kappa shape index (κ1) is 25.0. The van der Waals surface area contributed by atoms with Gasteiger partial charge >= 0.3 is 5.97 Å². The predicted molar refractivity (Wildman–Crippen MR) is 125 cm³/mol. The predicted octanol–water partition coefficient (Wildman–Crippen LogP) is 2.85. The number of likely N-dealkylation sites (tertiary alicyclic amines) is 1. The molecule has 1 unspecified atom stereocenters. The molecule has 0 aromatic heterocycles. The van der Waals surface area contributed by atoms with Gasteiger partial charge in [-0.3, -0.25) is 14.4 Å². The summed E-state index contributed by atoms with van der Waals surface area (Å²) >= 11 is 0. The second-order valence-corrected chi connectivity index (χ2v) is 9.12. The van der Waals surface area contributed by atoms with Crippen molar-refractivity contribution in [2.24, 2.45) is 23.7 Å². The molecule has 7 heteroatoms. The van der Waals surface area contributed by atoms with E-state index in [1.54, 1.807) is 6.92 Å². The third kappa shape index (κ3) is 4.98. The summed E-state index contributed by atoms with van der Waals surface area (Å²) in [5.41, 5.74) is 0.746. The van der Waals surface area contributed by atoms with E-state index in [0.717, 1.165) is 18.4 Å². The Labute approximate surface area is 196 Å². The first-order chi connectivity index (χ1) is 15.8. The fourth-order valence-electron chi connectivity index (χ4n) is 5.33. The second kappa shape index (κ2) is 11.0. The standard InChI is InChI=1S/C26H36N2O5/c1-5-10-17(4)27-24(30)23-19-14-13-16(3)21(26(32)33-6-2)22(19)25(31)28(23)20(15-29)18-11-8-7-9-12-18/h7-9,11-14,16-17,19-23,29H,5-6,10,15H2,1-4H3,(H,27,30)/t16-,17?,19+,20-,21-,22-,23+/m1/s1. The summed E-state index contributed by atoms with van der Waals surface area (Å²) in [4.78, 5) is 41.8. The van der Waals surface area contributed by atoms with Crippen LogP contribution in [0.15, 0.2) is 42.5 Å². The van der Waals surface area contributed by atoms with Crippen molar-refractivity contribution >= 4 is 17.8 Å². The van der Waals surface area contributed by atoms with Crippen molar-refractivity contribution in [2.45, 2.75) is 58.7 Å². The normalized spacial score (nSPS) is 28.2. The highest BCUT2D eigenvalue weighted by atomic mass is 16.5. The van der Waals surface area contributed by atoms with Gasteiger partial charge in [-0.1, -0.05) is 62.8 Å². The minimum absolute atomic E-state index is 0.0462. The zero-order chi connectivity index (χ0) is 24.1. The third-order valence-electron chi connectivity index (χ3n) is 6.84. The minimum atomic E-state index is -0.820. The maximum absolute atomic E-state index is 13.9. The summed E-state index contributed by atoms with van der Waals surface area (Å²) in [6, 6.07) is 7.67. The lowest BCUT2D eigenvalue weighted by Crippen LogP contribution is -2.51. The highest BCUT2D eigenvalue weighted by Gasteiger charge is 2.58. The first-order valence-electron chi connectivity index (χ1n) is 12.0. The fraction of sp³-hybridized carbons (Fsp3) is 0.577. The van der Waals surface area contributed by atoms with Crippen molar-refractivity contribution in [3.8, 4) is 0 Å². The largest absolute Gasteiger partial charge is 0.466 e. The number of fused-ring (bicyclic) bond motifs is 1. The van der Waals surface area contributed by atoms with E-state index in [9.17, 15) is 19.5 Å². The first-order valence-corrected chi connectivity index (χ1v) is 12.0. The molecule has 1 aliphatic heterocycles. The molecule has 1 heterocycles. The van der Waals surface area contributed by atoms with E-state index in [4.69, 9.17) is 4.74 Å². The zero-order valence-corrected chi connectivity index (χ0v) is 19.9. The van der Waals surface area contributed by atoms with Crippen LogP contribution >= 0.6 is 0 Å². The molecule has 3 rings (SSSR count). The molecule has 0 bridgehead atoms. The van der Waals surface area contributed by atoms with Crippen molar-refractivity contribution in [1.29, 1.82) is 0 Å². The molecule has 1 aromatic rings. The lowest BCUT2D eigenvalue weighted by atomic mass is 9.70. The Bertz CT molecular complexity index is 871. The van der Waals surface area contributed by atoms with Gasteiger partial charge in [0.1, 0.15) is 6.04 Å². The van der Waals surface area contributed by atoms with E-state index in [2.05, 4.69) is 12.2 Å². The number of hydrogen-bond acceptors (Lipinski definition) is 5. The number of carbonyl (C=O) groups excluding carboxylic acids is 3. The van der Waals surface area contributed by atoms with E-state index in [0.29, 0.717) is 0 Å². The van der Waals surface area contributed by atoms with Crippen molar-refractivity contribution < 1.29 is 24.2 Å². The monoisotopic (exact) mass is 456 g/mol. The summed E-state index contributed by atoms with van der Waals surface area (Å²) in [6.07, 6.45) is 5.55. The van der Waals surface area contributed by atoms with Gasteiger partial charge in [0.15, 0.2) is 0 Å². The van der Waals surface area contributed by atoms with Gasteiger partial charge in [-0.05, 0) is 31.7 Å². The van der Waals surface area contributed by atoms with E-state index in [1.165, 1.54) is 4.90 Å². The van der Waals surface area contributed by atoms with Crippen LogP contribution in [0.4, 0.5) is 0 Å². The molecule has 7 atom stereocenters. The van der Waals surface area contributed by atoms with Gasteiger partial charge in [0.05, 0.1) is 31.1 Å². The number of carbonyl (C=O) groups is 3. The molecule has 1 fully saturated rings. The van der Waals surface area contributed by atoms with Crippen LogP contribution < -0.4 is 5.32 Å². The number of benzene rings is 1. The number of aliphatic hydroxyl groups excluding tert-OH is 1. The average molecular weight is 457 g/mol. The van der Waals surface area contributed by atoms with Crippen molar-refractivity contribution in [2.75, 3.05) is 13.2 Å². The lowest BCUT2D eigenvalue weighted by molar-refractivity contribution is -0.155. The molecule has 7 nitrogen and oxygen atoms in total. The Morgan fingerprint density at radius 1 is 1.18 bits per heavy atom. The van der Waals surface area contributed by atoms with Crippen LogP contribution in [0, 0.1) is 23.7 Å².